The van der Waals surface area contributed by atoms with Crippen molar-refractivity contribution in [1.82, 2.24) is 20.2 Å². The predicted octanol–water partition coefficient (Wildman–Crippen LogP) is 2.13. The van der Waals surface area contributed by atoms with E-state index in [4.69, 9.17) is 5.84 Å². The fourth-order valence-electron chi connectivity index (χ4n) is 2.37. The topological polar surface area (TPSA) is 68.8 Å². The summed E-state index contributed by atoms with van der Waals surface area (Å²) in [4.78, 5) is 4.30. The van der Waals surface area contributed by atoms with Crippen molar-refractivity contribution in [3.05, 3.63) is 47.3 Å². The minimum atomic E-state index is -0.264. The van der Waals surface area contributed by atoms with Gasteiger partial charge in [-0.25, -0.2) is 14.1 Å². The van der Waals surface area contributed by atoms with Crippen molar-refractivity contribution in [2.75, 3.05) is 0 Å². The first kappa shape index (κ1) is 15.6. The molecular weight excluding hydrogens is 269 g/mol. The van der Waals surface area contributed by atoms with Crippen LogP contribution in [-0.2, 0) is 13.0 Å². The average molecular weight is 291 g/mol. The molecule has 1 aromatic heterocycles. The predicted molar refractivity (Wildman–Crippen MR) is 79.8 cm³/mol. The lowest BCUT2D eigenvalue weighted by molar-refractivity contribution is 0.445. The van der Waals surface area contributed by atoms with Gasteiger partial charge in [-0.1, -0.05) is 19.9 Å². The van der Waals surface area contributed by atoms with E-state index in [1.165, 1.54) is 12.1 Å². The van der Waals surface area contributed by atoms with Gasteiger partial charge in [-0.05, 0) is 36.1 Å². The van der Waals surface area contributed by atoms with Crippen molar-refractivity contribution in [3.8, 4) is 0 Å². The highest BCUT2D eigenvalue weighted by atomic mass is 19.1. The Morgan fingerprint density at radius 3 is 2.81 bits per heavy atom. The molecule has 21 heavy (non-hydrogen) atoms. The maximum absolute atomic E-state index is 13.5. The van der Waals surface area contributed by atoms with E-state index in [0.717, 1.165) is 23.5 Å². The van der Waals surface area contributed by atoms with Gasteiger partial charge in [0, 0.05) is 13.0 Å². The molecule has 1 unspecified atom stereocenters. The van der Waals surface area contributed by atoms with Crippen molar-refractivity contribution < 1.29 is 4.39 Å². The molecule has 1 heterocycles. The van der Waals surface area contributed by atoms with Crippen molar-refractivity contribution in [1.29, 1.82) is 0 Å². The normalized spacial score (nSPS) is 12.9. The SMILES string of the molecule is Cc1ccc(F)cc1C(Cc1ncnn1CC(C)C)NN. The summed E-state index contributed by atoms with van der Waals surface area (Å²) in [5.41, 5.74) is 4.60. The van der Waals surface area contributed by atoms with E-state index in [0.29, 0.717) is 12.3 Å². The molecule has 2 rings (SSSR count). The Morgan fingerprint density at radius 1 is 1.38 bits per heavy atom. The van der Waals surface area contributed by atoms with E-state index in [1.807, 2.05) is 11.6 Å². The van der Waals surface area contributed by atoms with Crippen LogP contribution in [-0.4, -0.2) is 14.8 Å². The van der Waals surface area contributed by atoms with Crippen molar-refractivity contribution in [2.24, 2.45) is 11.8 Å². The summed E-state index contributed by atoms with van der Waals surface area (Å²) in [6, 6.07) is 4.53. The number of nitrogens with two attached hydrogens (primary N) is 1. The molecular formula is C15H22FN5. The van der Waals surface area contributed by atoms with Gasteiger partial charge in [-0.15, -0.1) is 0 Å². The smallest absolute Gasteiger partial charge is 0.138 e. The van der Waals surface area contributed by atoms with E-state index < -0.39 is 0 Å². The van der Waals surface area contributed by atoms with Crippen LogP contribution in [0.3, 0.4) is 0 Å². The van der Waals surface area contributed by atoms with Gasteiger partial charge in [0.15, 0.2) is 0 Å². The lowest BCUT2D eigenvalue weighted by Crippen LogP contribution is -2.31. The molecule has 0 spiro atoms. The lowest BCUT2D eigenvalue weighted by Gasteiger charge is -2.19. The third-order valence-corrected chi connectivity index (χ3v) is 3.44. The Bertz CT molecular complexity index is 593. The van der Waals surface area contributed by atoms with Gasteiger partial charge in [0.25, 0.3) is 0 Å². The summed E-state index contributed by atoms with van der Waals surface area (Å²) in [7, 11) is 0. The fraction of sp³-hybridized carbons (Fsp3) is 0.467. The first-order valence-electron chi connectivity index (χ1n) is 7.10. The molecule has 1 aromatic carbocycles. The molecule has 0 fully saturated rings. The number of nitrogens with zero attached hydrogens (tertiary/aromatic N) is 3. The Kier molecular flexibility index (Phi) is 5.03. The van der Waals surface area contributed by atoms with Crippen LogP contribution >= 0.6 is 0 Å². The molecule has 0 radical (unpaired) electrons. The number of nitrogens with one attached hydrogen (secondary N) is 1. The first-order chi connectivity index (χ1) is 10.0. The van der Waals surface area contributed by atoms with Crippen LogP contribution in [0.15, 0.2) is 24.5 Å². The van der Waals surface area contributed by atoms with Gasteiger partial charge in [-0.3, -0.25) is 11.3 Å². The second-order valence-electron chi connectivity index (χ2n) is 5.68. The second kappa shape index (κ2) is 6.78. The first-order valence-corrected chi connectivity index (χ1v) is 7.10. The number of aryl methyl sites for hydroxylation is 1. The minimum Gasteiger partial charge on any atom is -0.271 e. The number of aromatic nitrogens is 3. The summed E-state index contributed by atoms with van der Waals surface area (Å²) in [5, 5.41) is 4.24. The average Bonchev–Trinajstić information content (AvgIpc) is 2.85. The molecule has 2 aromatic rings. The van der Waals surface area contributed by atoms with Crippen LogP contribution < -0.4 is 11.3 Å². The third-order valence-electron chi connectivity index (χ3n) is 3.44. The molecule has 0 amide bonds. The number of benzene rings is 1. The number of rotatable bonds is 6. The van der Waals surface area contributed by atoms with E-state index >= 15 is 0 Å². The number of hydrogen-bond donors (Lipinski definition) is 2. The zero-order valence-corrected chi connectivity index (χ0v) is 12.7. The molecule has 1 atom stereocenters. The number of hydrazine groups is 1. The van der Waals surface area contributed by atoms with Gasteiger partial charge in [0.1, 0.15) is 18.0 Å². The Labute approximate surface area is 124 Å². The van der Waals surface area contributed by atoms with Gasteiger partial charge >= 0.3 is 0 Å². The highest BCUT2D eigenvalue weighted by Crippen LogP contribution is 2.21. The molecule has 6 heteroatoms. The van der Waals surface area contributed by atoms with Crippen LogP contribution in [0.25, 0.3) is 0 Å². The van der Waals surface area contributed by atoms with E-state index in [9.17, 15) is 4.39 Å². The Morgan fingerprint density at radius 2 is 2.14 bits per heavy atom. The van der Waals surface area contributed by atoms with Crippen molar-refractivity contribution in [2.45, 2.75) is 39.8 Å². The maximum atomic E-state index is 13.5. The molecule has 5 nitrogen and oxygen atoms in total. The zero-order chi connectivity index (χ0) is 15.4. The van der Waals surface area contributed by atoms with Crippen molar-refractivity contribution in [3.63, 3.8) is 0 Å². The summed E-state index contributed by atoms with van der Waals surface area (Å²) in [5.74, 6) is 6.72. The van der Waals surface area contributed by atoms with Crippen LogP contribution in [0.1, 0.15) is 36.8 Å². The molecule has 0 aliphatic rings. The molecule has 0 saturated carbocycles. The number of hydrogen-bond acceptors (Lipinski definition) is 4. The van der Waals surface area contributed by atoms with Crippen LogP contribution in [0, 0.1) is 18.7 Å². The Balaban J connectivity index is 2.23. The standard InChI is InChI=1S/C15H22FN5/c1-10(2)8-21-15(18-9-19-21)7-14(20-17)13-6-12(16)5-4-11(13)3/h4-6,9-10,14,20H,7-8,17H2,1-3H3. The van der Waals surface area contributed by atoms with Crippen LogP contribution in [0.4, 0.5) is 4.39 Å². The number of halogens is 1. The fourth-order valence-corrected chi connectivity index (χ4v) is 2.37. The zero-order valence-electron chi connectivity index (χ0n) is 12.7. The van der Waals surface area contributed by atoms with Crippen molar-refractivity contribution >= 4 is 0 Å². The summed E-state index contributed by atoms with van der Waals surface area (Å²) in [6.45, 7) is 6.99. The second-order valence-corrected chi connectivity index (χ2v) is 5.68. The molecule has 0 saturated heterocycles. The monoisotopic (exact) mass is 291 g/mol. The minimum absolute atomic E-state index is 0.198. The molecule has 0 aliphatic heterocycles. The molecule has 0 aliphatic carbocycles. The largest absolute Gasteiger partial charge is 0.271 e. The van der Waals surface area contributed by atoms with Crippen LogP contribution in [0.5, 0.6) is 0 Å². The quantitative estimate of drug-likeness (QED) is 0.632. The highest BCUT2D eigenvalue weighted by Gasteiger charge is 2.17. The van der Waals surface area contributed by atoms with Crippen LogP contribution in [0.2, 0.25) is 0 Å². The summed E-state index contributed by atoms with van der Waals surface area (Å²) >= 11 is 0. The van der Waals surface area contributed by atoms with Gasteiger partial charge < -0.3 is 0 Å². The summed E-state index contributed by atoms with van der Waals surface area (Å²) in [6.07, 6.45) is 2.11. The van der Waals surface area contributed by atoms with E-state index in [1.54, 1.807) is 12.4 Å². The van der Waals surface area contributed by atoms with E-state index in [-0.39, 0.29) is 11.9 Å². The third kappa shape index (κ3) is 3.86. The maximum Gasteiger partial charge on any atom is 0.138 e. The lowest BCUT2D eigenvalue weighted by atomic mass is 9.98. The highest BCUT2D eigenvalue weighted by molar-refractivity contribution is 5.30. The Hall–Kier alpha value is -1.79. The molecule has 114 valence electrons. The molecule has 0 bridgehead atoms. The van der Waals surface area contributed by atoms with E-state index in [2.05, 4.69) is 29.4 Å². The van der Waals surface area contributed by atoms with Gasteiger partial charge in [-0.2, -0.15) is 5.10 Å². The van der Waals surface area contributed by atoms with Gasteiger partial charge in [0.2, 0.25) is 0 Å². The molecule has 3 N–H and O–H groups in total. The summed E-state index contributed by atoms with van der Waals surface area (Å²) < 4.78 is 15.4. The van der Waals surface area contributed by atoms with Gasteiger partial charge in [0.05, 0.1) is 6.04 Å².